The van der Waals surface area contributed by atoms with Crippen molar-refractivity contribution in [3.05, 3.63) is 47.5 Å². The van der Waals surface area contributed by atoms with Crippen molar-refractivity contribution in [2.75, 3.05) is 6.01 Å². The molecule has 3 saturated carbocycles. The standard InChI is InChI=1S/C28H31F3O6S/c1-14-9-18-19-11-21(30)20-10-16(32)5-7-25(20,3)27(19,31)22(33)12-26(18,4)28(14,24(35)38-13-29)37-23(34)17-6-8-36-15(17)2/h5-8,10,14,18-19,21-22,33H,9,11-13H2,1-4H3/t14-,18+,19+,21+,22+,25+,26+,27+,28+/m1/s1. The summed E-state index contributed by atoms with van der Waals surface area (Å²) in [7, 11) is 0. The van der Waals surface area contributed by atoms with Gasteiger partial charge in [0, 0.05) is 22.7 Å². The van der Waals surface area contributed by atoms with E-state index in [1.54, 1.807) is 20.8 Å². The predicted molar refractivity (Wildman–Crippen MR) is 133 cm³/mol. The highest BCUT2D eigenvalue weighted by molar-refractivity contribution is 8.13. The highest BCUT2D eigenvalue weighted by atomic mass is 32.2. The zero-order chi connectivity index (χ0) is 27.8. The summed E-state index contributed by atoms with van der Waals surface area (Å²) in [5.74, 6) is -3.44. The van der Waals surface area contributed by atoms with Crippen LogP contribution in [0.5, 0.6) is 0 Å². The number of aliphatic hydroxyl groups excluding tert-OH is 1. The summed E-state index contributed by atoms with van der Waals surface area (Å²) in [5, 5.41) is 10.8. The Kier molecular flexibility index (Phi) is 6.34. The van der Waals surface area contributed by atoms with Crippen molar-refractivity contribution in [1.29, 1.82) is 0 Å². The number of hydrogen-bond acceptors (Lipinski definition) is 7. The van der Waals surface area contributed by atoms with Crippen molar-refractivity contribution in [3.63, 3.8) is 0 Å². The summed E-state index contributed by atoms with van der Waals surface area (Å²) >= 11 is 0.363. The normalized spacial score (nSPS) is 43.6. The number of ether oxygens (including phenoxy) is 1. The topological polar surface area (TPSA) is 93.8 Å². The van der Waals surface area contributed by atoms with E-state index in [0.29, 0.717) is 11.8 Å². The maximum atomic E-state index is 17.4. The largest absolute Gasteiger partial charge is 0.469 e. The van der Waals surface area contributed by atoms with Crippen LogP contribution in [0, 0.1) is 35.5 Å². The lowest BCUT2D eigenvalue weighted by Gasteiger charge is -2.63. The first-order valence-corrected chi connectivity index (χ1v) is 13.7. The van der Waals surface area contributed by atoms with Crippen LogP contribution in [0.3, 0.4) is 0 Å². The first kappa shape index (κ1) is 27.2. The third-order valence-electron chi connectivity index (χ3n) is 9.99. The van der Waals surface area contributed by atoms with Gasteiger partial charge in [0.2, 0.25) is 5.12 Å². The van der Waals surface area contributed by atoms with Crippen molar-refractivity contribution in [2.24, 2.45) is 28.6 Å². The number of carbonyl (C=O) groups excluding carboxylic acids is 3. The number of thioether (sulfide) groups is 1. The molecular formula is C28H31F3O6S. The van der Waals surface area contributed by atoms with Gasteiger partial charge in [0.15, 0.2) is 17.1 Å². The Balaban J connectivity index is 1.64. The van der Waals surface area contributed by atoms with Crippen molar-refractivity contribution < 1.29 is 41.8 Å². The lowest BCUT2D eigenvalue weighted by atomic mass is 9.44. The highest BCUT2D eigenvalue weighted by Gasteiger charge is 2.78. The quantitative estimate of drug-likeness (QED) is 0.511. The number of alkyl halides is 3. The van der Waals surface area contributed by atoms with Gasteiger partial charge in [-0.05, 0) is 74.6 Å². The molecule has 0 aliphatic heterocycles. The number of aryl methyl sites for hydroxylation is 1. The van der Waals surface area contributed by atoms with Crippen LogP contribution in [0.15, 0.2) is 40.5 Å². The molecule has 5 rings (SSSR count). The molecule has 0 bridgehead atoms. The van der Waals surface area contributed by atoms with Crippen LogP contribution in [0.2, 0.25) is 0 Å². The maximum Gasteiger partial charge on any atom is 0.342 e. The first-order chi connectivity index (χ1) is 17.8. The minimum absolute atomic E-state index is 0.00497. The second kappa shape index (κ2) is 8.84. The van der Waals surface area contributed by atoms with Crippen molar-refractivity contribution in [1.82, 2.24) is 0 Å². The van der Waals surface area contributed by atoms with Crippen LogP contribution in [0.1, 0.15) is 56.2 Å². The van der Waals surface area contributed by atoms with E-state index in [2.05, 4.69) is 0 Å². The van der Waals surface area contributed by atoms with Gasteiger partial charge in [-0.3, -0.25) is 9.59 Å². The number of ketones is 1. The Labute approximate surface area is 223 Å². The number of rotatable bonds is 4. The van der Waals surface area contributed by atoms with Crippen LogP contribution in [0.4, 0.5) is 13.2 Å². The third-order valence-corrected chi connectivity index (χ3v) is 10.7. The Morgan fingerprint density at radius 3 is 2.61 bits per heavy atom. The van der Waals surface area contributed by atoms with Gasteiger partial charge in [-0.2, -0.15) is 0 Å². The molecule has 6 nitrogen and oxygen atoms in total. The minimum Gasteiger partial charge on any atom is -0.469 e. The fourth-order valence-electron chi connectivity index (χ4n) is 8.17. The summed E-state index contributed by atoms with van der Waals surface area (Å²) in [6.07, 6.45) is 1.22. The van der Waals surface area contributed by atoms with E-state index in [0.717, 1.165) is 6.08 Å². The smallest absolute Gasteiger partial charge is 0.342 e. The van der Waals surface area contributed by atoms with Crippen molar-refractivity contribution >= 4 is 28.6 Å². The average Bonchev–Trinajstić information content (AvgIpc) is 3.37. The Hall–Kier alpha value is -2.33. The fraction of sp³-hybridized carbons (Fsp3) is 0.607. The lowest BCUT2D eigenvalue weighted by molar-refractivity contribution is -0.221. The number of allylic oxidation sites excluding steroid dienone is 4. The van der Waals surface area contributed by atoms with Gasteiger partial charge in [-0.1, -0.05) is 19.9 Å². The van der Waals surface area contributed by atoms with Crippen molar-refractivity contribution in [2.45, 2.75) is 70.5 Å². The van der Waals surface area contributed by atoms with Gasteiger partial charge in [-0.25, -0.2) is 18.0 Å². The molecular weight excluding hydrogens is 521 g/mol. The van der Waals surface area contributed by atoms with E-state index in [9.17, 15) is 23.9 Å². The molecule has 206 valence electrons. The summed E-state index contributed by atoms with van der Waals surface area (Å²) in [6, 6.07) is 0.340. The van der Waals surface area contributed by atoms with E-state index < -0.39 is 75.0 Å². The predicted octanol–water partition coefficient (Wildman–Crippen LogP) is 5.24. The van der Waals surface area contributed by atoms with Crippen LogP contribution >= 0.6 is 11.8 Å². The van der Waals surface area contributed by atoms with E-state index in [-0.39, 0.29) is 36.2 Å². The average molecular weight is 553 g/mol. The summed E-state index contributed by atoms with van der Waals surface area (Å²) in [4.78, 5) is 39.0. The molecule has 0 amide bonds. The van der Waals surface area contributed by atoms with Crippen LogP contribution < -0.4 is 0 Å². The van der Waals surface area contributed by atoms with E-state index in [1.807, 2.05) is 0 Å². The molecule has 1 aromatic rings. The number of aliphatic hydroxyl groups is 1. The molecule has 0 spiro atoms. The Bertz CT molecular complexity index is 1260. The van der Waals surface area contributed by atoms with E-state index >= 15 is 8.78 Å². The third kappa shape index (κ3) is 3.28. The van der Waals surface area contributed by atoms with Gasteiger partial charge in [0.25, 0.3) is 0 Å². The first-order valence-electron chi connectivity index (χ1n) is 12.7. The number of esters is 1. The Morgan fingerprint density at radius 1 is 1.26 bits per heavy atom. The molecule has 10 heteroatoms. The van der Waals surface area contributed by atoms with Gasteiger partial charge in [0.1, 0.15) is 23.5 Å². The molecule has 1 aromatic heterocycles. The fourth-order valence-corrected chi connectivity index (χ4v) is 8.96. The van der Waals surface area contributed by atoms with E-state index in [1.165, 1.54) is 31.4 Å². The molecule has 3 fully saturated rings. The second-order valence-corrected chi connectivity index (χ2v) is 12.4. The molecule has 0 unspecified atom stereocenters. The Morgan fingerprint density at radius 2 is 1.97 bits per heavy atom. The number of carbonyl (C=O) groups is 3. The van der Waals surface area contributed by atoms with E-state index in [4.69, 9.17) is 9.15 Å². The highest BCUT2D eigenvalue weighted by Crippen LogP contribution is 2.72. The molecule has 1 N–H and O–H groups in total. The number of halogens is 3. The molecule has 9 atom stereocenters. The second-order valence-electron chi connectivity index (χ2n) is 11.6. The summed E-state index contributed by atoms with van der Waals surface area (Å²) in [6.45, 7) is 6.38. The molecule has 4 aliphatic rings. The van der Waals surface area contributed by atoms with Crippen LogP contribution in [0.25, 0.3) is 0 Å². The number of fused-ring (bicyclic) bond motifs is 5. The van der Waals surface area contributed by atoms with Crippen LogP contribution in [-0.2, 0) is 14.3 Å². The van der Waals surface area contributed by atoms with Crippen LogP contribution in [-0.4, -0.2) is 51.5 Å². The number of furan rings is 1. The molecule has 4 aliphatic carbocycles. The summed E-state index contributed by atoms with van der Waals surface area (Å²) in [5.41, 5.74) is -7.07. The molecule has 0 aromatic carbocycles. The lowest BCUT2D eigenvalue weighted by Crippen LogP contribution is -2.70. The van der Waals surface area contributed by atoms with Gasteiger partial charge in [0.05, 0.1) is 12.4 Å². The zero-order valence-corrected chi connectivity index (χ0v) is 22.4. The molecule has 0 radical (unpaired) electrons. The van der Waals surface area contributed by atoms with Gasteiger partial charge in [-0.15, -0.1) is 0 Å². The summed E-state index contributed by atoms with van der Waals surface area (Å²) < 4.78 is 57.9. The number of hydrogen-bond donors (Lipinski definition) is 1. The van der Waals surface area contributed by atoms with Gasteiger partial charge < -0.3 is 14.3 Å². The monoisotopic (exact) mass is 552 g/mol. The molecule has 38 heavy (non-hydrogen) atoms. The molecule has 1 heterocycles. The van der Waals surface area contributed by atoms with Gasteiger partial charge >= 0.3 is 5.97 Å². The SMILES string of the molecule is Cc1occc1C(=O)O[C@]1(C(=O)SCF)[C@H](C)C[C@H]2[C@@H]3C[C@H](F)C4=CC(=O)C=C[C@]4(C)[C@@]3(F)[C@@H](O)C[C@@]21C. The minimum atomic E-state index is -2.35. The molecule has 0 saturated heterocycles. The van der Waals surface area contributed by atoms with Crippen molar-refractivity contribution in [3.8, 4) is 0 Å². The maximum absolute atomic E-state index is 17.4. The zero-order valence-electron chi connectivity index (χ0n) is 21.6.